The van der Waals surface area contributed by atoms with Crippen molar-refractivity contribution in [1.29, 1.82) is 0 Å². The van der Waals surface area contributed by atoms with Crippen molar-refractivity contribution in [3.8, 4) is 0 Å². The first-order valence-electron chi connectivity index (χ1n) is 8.38. The van der Waals surface area contributed by atoms with Crippen LogP contribution < -0.4 is 5.32 Å². The van der Waals surface area contributed by atoms with Crippen LogP contribution in [0.1, 0.15) is 39.5 Å². The van der Waals surface area contributed by atoms with Crippen molar-refractivity contribution in [2.24, 2.45) is 10.4 Å². The molecule has 122 valence electrons. The molecule has 0 spiro atoms. The second-order valence-electron chi connectivity index (χ2n) is 6.19. The maximum absolute atomic E-state index is 5.52. The van der Waals surface area contributed by atoms with Gasteiger partial charge in [-0.2, -0.15) is 11.8 Å². The number of nitrogens with one attached hydrogen (secondary N) is 1. The molecular formula is C16H31N3OS. The van der Waals surface area contributed by atoms with Gasteiger partial charge < -0.3 is 15.0 Å². The maximum atomic E-state index is 5.52. The summed E-state index contributed by atoms with van der Waals surface area (Å²) in [5.74, 6) is 2.31. The van der Waals surface area contributed by atoms with Crippen molar-refractivity contribution in [1.82, 2.24) is 10.2 Å². The number of hydrogen-bond acceptors (Lipinski definition) is 3. The lowest BCUT2D eigenvalue weighted by Crippen LogP contribution is -2.49. The topological polar surface area (TPSA) is 36.9 Å². The minimum atomic E-state index is 0.472. The van der Waals surface area contributed by atoms with Crippen molar-refractivity contribution >= 4 is 17.7 Å². The first-order chi connectivity index (χ1) is 10.2. The van der Waals surface area contributed by atoms with E-state index in [2.05, 4.69) is 40.8 Å². The van der Waals surface area contributed by atoms with Crippen LogP contribution in [0, 0.1) is 5.41 Å². The van der Waals surface area contributed by atoms with Gasteiger partial charge in [-0.3, -0.25) is 4.99 Å². The fourth-order valence-electron chi connectivity index (χ4n) is 2.88. The zero-order chi connectivity index (χ0) is 15.1. The summed E-state index contributed by atoms with van der Waals surface area (Å²) in [7, 11) is 1.91. The van der Waals surface area contributed by atoms with E-state index in [1.54, 1.807) is 0 Å². The van der Waals surface area contributed by atoms with E-state index in [1.165, 1.54) is 31.4 Å². The number of thioether (sulfide) groups is 1. The van der Waals surface area contributed by atoms with Crippen LogP contribution in [-0.4, -0.2) is 61.8 Å². The maximum Gasteiger partial charge on any atom is 0.193 e. The lowest BCUT2D eigenvalue weighted by Gasteiger charge is -2.35. The van der Waals surface area contributed by atoms with Gasteiger partial charge in [0, 0.05) is 50.9 Å². The molecule has 5 heteroatoms. The Morgan fingerprint density at radius 3 is 2.86 bits per heavy atom. The quantitative estimate of drug-likeness (QED) is 0.445. The lowest BCUT2D eigenvalue weighted by molar-refractivity contribution is 0.128. The molecule has 1 saturated heterocycles. The Morgan fingerprint density at radius 2 is 2.24 bits per heavy atom. The zero-order valence-corrected chi connectivity index (χ0v) is 14.7. The Labute approximate surface area is 134 Å². The van der Waals surface area contributed by atoms with E-state index in [0.29, 0.717) is 5.41 Å². The van der Waals surface area contributed by atoms with E-state index in [-0.39, 0.29) is 0 Å². The molecule has 0 bridgehead atoms. The number of rotatable bonds is 7. The third-order valence-corrected chi connectivity index (χ3v) is 6.04. The molecule has 1 aliphatic carbocycles. The molecule has 0 aromatic heterocycles. The van der Waals surface area contributed by atoms with Gasteiger partial charge in [-0.25, -0.2) is 0 Å². The average molecular weight is 314 g/mol. The molecular weight excluding hydrogens is 282 g/mol. The molecule has 0 aromatic carbocycles. The predicted molar refractivity (Wildman–Crippen MR) is 92.2 cm³/mol. The highest BCUT2D eigenvalue weighted by molar-refractivity contribution is 8.00. The molecule has 1 saturated carbocycles. The number of guanidine groups is 1. The van der Waals surface area contributed by atoms with E-state index in [9.17, 15) is 0 Å². The molecule has 1 aliphatic heterocycles. The molecule has 2 aliphatic rings. The first kappa shape index (κ1) is 16.9. The van der Waals surface area contributed by atoms with Gasteiger partial charge in [0.15, 0.2) is 5.96 Å². The Hall–Kier alpha value is -0.420. The smallest absolute Gasteiger partial charge is 0.193 e. The SMILES string of the molecule is CCOCCC1(CNC(=NC)N2CCSC(CC)C2)CC1. The minimum absolute atomic E-state index is 0.472. The normalized spacial score (nSPS) is 25.0. The van der Waals surface area contributed by atoms with Crippen molar-refractivity contribution < 1.29 is 4.74 Å². The van der Waals surface area contributed by atoms with Crippen LogP contribution >= 0.6 is 11.8 Å². The highest BCUT2D eigenvalue weighted by Gasteiger charge is 2.42. The van der Waals surface area contributed by atoms with Crippen molar-refractivity contribution in [3.63, 3.8) is 0 Å². The molecule has 1 heterocycles. The standard InChI is InChI=1S/C16H31N3OS/c1-4-14-12-19(9-11-21-14)15(17-3)18-13-16(6-7-16)8-10-20-5-2/h14H,4-13H2,1-3H3,(H,17,18). The zero-order valence-electron chi connectivity index (χ0n) is 13.9. The largest absolute Gasteiger partial charge is 0.382 e. The number of aliphatic imine (C=N–C) groups is 1. The fraction of sp³-hybridized carbons (Fsp3) is 0.938. The van der Waals surface area contributed by atoms with Gasteiger partial charge in [-0.15, -0.1) is 0 Å². The molecule has 0 radical (unpaired) electrons. The van der Waals surface area contributed by atoms with Crippen LogP contribution in [-0.2, 0) is 4.74 Å². The molecule has 21 heavy (non-hydrogen) atoms. The van der Waals surface area contributed by atoms with Crippen LogP contribution in [0.2, 0.25) is 0 Å². The summed E-state index contributed by atoms with van der Waals surface area (Å²) in [5.41, 5.74) is 0.472. The van der Waals surface area contributed by atoms with Gasteiger partial charge in [0.05, 0.1) is 0 Å². The van der Waals surface area contributed by atoms with Gasteiger partial charge in [-0.05, 0) is 38.0 Å². The summed E-state index contributed by atoms with van der Waals surface area (Å²) in [6.07, 6.45) is 5.09. The Morgan fingerprint density at radius 1 is 1.43 bits per heavy atom. The van der Waals surface area contributed by atoms with E-state index in [1.807, 2.05) is 7.05 Å². The predicted octanol–water partition coefficient (Wildman–Crippen LogP) is 2.60. The molecule has 0 amide bonds. The number of hydrogen-bond donors (Lipinski definition) is 1. The Balaban J connectivity index is 1.77. The third-order valence-electron chi connectivity index (χ3n) is 4.66. The van der Waals surface area contributed by atoms with Gasteiger partial charge >= 0.3 is 0 Å². The molecule has 1 unspecified atom stereocenters. The summed E-state index contributed by atoms with van der Waals surface area (Å²) >= 11 is 2.10. The molecule has 0 aromatic rings. The van der Waals surface area contributed by atoms with E-state index in [4.69, 9.17) is 4.74 Å². The van der Waals surface area contributed by atoms with Crippen LogP contribution in [0.3, 0.4) is 0 Å². The molecule has 1 atom stereocenters. The lowest BCUT2D eigenvalue weighted by atomic mass is 10.0. The van der Waals surface area contributed by atoms with E-state index < -0.39 is 0 Å². The molecule has 2 rings (SSSR count). The summed E-state index contributed by atoms with van der Waals surface area (Å²) in [6.45, 7) is 9.37. The van der Waals surface area contributed by atoms with Gasteiger partial charge in [0.2, 0.25) is 0 Å². The van der Waals surface area contributed by atoms with Crippen LogP contribution in [0.25, 0.3) is 0 Å². The highest BCUT2D eigenvalue weighted by Crippen LogP contribution is 2.48. The molecule has 2 fully saturated rings. The average Bonchev–Trinajstić information content (AvgIpc) is 3.29. The second kappa shape index (κ2) is 8.28. The molecule has 1 N–H and O–H groups in total. The summed E-state index contributed by atoms with van der Waals surface area (Å²) in [5, 5.41) is 4.38. The van der Waals surface area contributed by atoms with Crippen LogP contribution in [0.5, 0.6) is 0 Å². The van der Waals surface area contributed by atoms with Crippen molar-refractivity contribution in [2.75, 3.05) is 45.6 Å². The van der Waals surface area contributed by atoms with Crippen molar-refractivity contribution in [2.45, 2.75) is 44.8 Å². The third kappa shape index (κ3) is 5.06. The van der Waals surface area contributed by atoms with Crippen LogP contribution in [0.4, 0.5) is 0 Å². The number of nitrogens with zero attached hydrogens (tertiary/aromatic N) is 2. The monoisotopic (exact) mass is 313 g/mol. The Kier molecular flexibility index (Phi) is 6.68. The van der Waals surface area contributed by atoms with Gasteiger partial charge in [0.25, 0.3) is 0 Å². The molecule has 4 nitrogen and oxygen atoms in total. The van der Waals surface area contributed by atoms with Gasteiger partial charge in [0.1, 0.15) is 0 Å². The second-order valence-corrected chi connectivity index (χ2v) is 7.60. The van der Waals surface area contributed by atoms with Gasteiger partial charge in [-0.1, -0.05) is 6.92 Å². The summed E-state index contributed by atoms with van der Waals surface area (Å²) < 4.78 is 5.52. The highest BCUT2D eigenvalue weighted by atomic mass is 32.2. The number of ether oxygens (including phenoxy) is 1. The van der Waals surface area contributed by atoms with E-state index in [0.717, 1.165) is 44.1 Å². The minimum Gasteiger partial charge on any atom is -0.382 e. The summed E-state index contributed by atoms with van der Waals surface area (Å²) in [4.78, 5) is 6.93. The summed E-state index contributed by atoms with van der Waals surface area (Å²) in [6, 6.07) is 0. The first-order valence-corrected chi connectivity index (χ1v) is 9.43. The van der Waals surface area contributed by atoms with Crippen molar-refractivity contribution in [3.05, 3.63) is 0 Å². The fourth-order valence-corrected chi connectivity index (χ4v) is 4.06. The van der Waals surface area contributed by atoms with Crippen LogP contribution in [0.15, 0.2) is 4.99 Å². The van der Waals surface area contributed by atoms with E-state index >= 15 is 0 Å². The Bertz CT molecular complexity index is 344.